The van der Waals surface area contributed by atoms with Crippen LogP contribution in [0.4, 0.5) is 0 Å². The number of aryl methyl sites for hydroxylation is 2. The standard InChI is InChI=1S/C31H29NO4/c1-2-29-28(17-19-35-26-14-15-27-21(16-18-33)8-13-25(27)20-26)32-31(36-29)24-11-9-23(10-12-24)30(34)22-6-4-3-5-7-22/h3-7,9-12,14-15,18,20-21H,2,8,13,16-17,19H2,1H3/t21-/m0/s1. The normalized spacial score (nSPS) is 14.4. The number of aromatic nitrogens is 1. The van der Waals surface area contributed by atoms with Crippen LogP contribution >= 0.6 is 0 Å². The van der Waals surface area contributed by atoms with Gasteiger partial charge in [0.15, 0.2) is 5.78 Å². The van der Waals surface area contributed by atoms with Crippen molar-refractivity contribution in [3.63, 3.8) is 0 Å². The fourth-order valence-corrected chi connectivity index (χ4v) is 4.90. The van der Waals surface area contributed by atoms with Gasteiger partial charge in [0.25, 0.3) is 0 Å². The van der Waals surface area contributed by atoms with Crippen molar-refractivity contribution < 1.29 is 18.7 Å². The minimum absolute atomic E-state index is 0.00699. The molecular formula is C31H29NO4. The lowest BCUT2D eigenvalue weighted by molar-refractivity contribution is -0.108. The number of ether oxygens (including phenoxy) is 1. The molecule has 0 fully saturated rings. The van der Waals surface area contributed by atoms with Crippen molar-refractivity contribution in [3.05, 3.63) is 107 Å². The summed E-state index contributed by atoms with van der Waals surface area (Å²) in [4.78, 5) is 28.3. The van der Waals surface area contributed by atoms with Crippen LogP contribution in [0.3, 0.4) is 0 Å². The second-order valence-corrected chi connectivity index (χ2v) is 9.11. The molecule has 3 aromatic carbocycles. The van der Waals surface area contributed by atoms with Crippen LogP contribution in [0.1, 0.15) is 64.2 Å². The first-order chi connectivity index (χ1) is 17.7. The van der Waals surface area contributed by atoms with Gasteiger partial charge in [0.1, 0.15) is 17.8 Å². The first kappa shape index (κ1) is 23.7. The largest absolute Gasteiger partial charge is 0.493 e. The number of benzene rings is 3. The van der Waals surface area contributed by atoms with E-state index in [2.05, 4.69) is 12.1 Å². The molecule has 1 aliphatic rings. The molecule has 0 saturated heterocycles. The molecule has 0 saturated carbocycles. The Labute approximate surface area is 211 Å². The predicted molar refractivity (Wildman–Crippen MR) is 139 cm³/mol. The van der Waals surface area contributed by atoms with Crippen LogP contribution in [-0.4, -0.2) is 23.7 Å². The number of hydrogen-bond donors (Lipinski definition) is 0. The molecule has 0 radical (unpaired) electrons. The average molecular weight is 480 g/mol. The second kappa shape index (κ2) is 10.7. The van der Waals surface area contributed by atoms with E-state index in [1.807, 2.05) is 67.6 Å². The molecule has 5 rings (SSSR count). The Kier molecular flexibility index (Phi) is 7.08. The molecule has 1 heterocycles. The quantitative estimate of drug-likeness (QED) is 0.195. The maximum atomic E-state index is 12.7. The lowest BCUT2D eigenvalue weighted by Crippen LogP contribution is -2.04. The maximum Gasteiger partial charge on any atom is 0.226 e. The number of nitrogens with zero attached hydrogens (tertiary/aromatic N) is 1. The molecule has 1 aromatic heterocycles. The number of carbonyl (C=O) groups is 2. The van der Waals surface area contributed by atoms with Gasteiger partial charge in [-0.25, -0.2) is 4.98 Å². The van der Waals surface area contributed by atoms with Gasteiger partial charge in [-0.1, -0.05) is 55.5 Å². The van der Waals surface area contributed by atoms with Crippen molar-refractivity contribution in [3.8, 4) is 17.2 Å². The van der Waals surface area contributed by atoms with Crippen LogP contribution in [0.15, 0.2) is 77.2 Å². The van der Waals surface area contributed by atoms with Gasteiger partial charge in [0.2, 0.25) is 5.89 Å². The summed E-state index contributed by atoms with van der Waals surface area (Å²) in [7, 11) is 0. The number of oxazole rings is 1. The van der Waals surface area contributed by atoms with Crippen LogP contribution in [0.25, 0.3) is 11.5 Å². The smallest absolute Gasteiger partial charge is 0.226 e. The van der Waals surface area contributed by atoms with Gasteiger partial charge in [0.05, 0.1) is 12.3 Å². The first-order valence-electron chi connectivity index (χ1n) is 12.5. The molecule has 4 aromatic rings. The number of ketones is 1. The molecular weight excluding hydrogens is 450 g/mol. The van der Waals surface area contributed by atoms with Crippen LogP contribution in [0.2, 0.25) is 0 Å². The Morgan fingerprint density at radius 3 is 2.58 bits per heavy atom. The third-order valence-corrected chi connectivity index (χ3v) is 6.83. The Morgan fingerprint density at radius 1 is 1.06 bits per heavy atom. The van der Waals surface area contributed by atoms with Crippen molar-refractivity contribution in [1.29, 1.82) is 0 Å². The van der Waals surface area contributed by atoms with Gasteiger partial charge in [-0.2, -0.15) is 0 Å². The van der Waals surface area contributed by atoms with Crippen molar-refractivity contribution in [2.45, 2.75) is 44.9 Å². The number of hydrogen-bond acceptors (Lipinski definition) is 5. The highest BCUT2D eigenvalue weighted by atomic mass is 16.5. The number of carbonyl (C=O) groups excluding carboxylic acids is 2. The minimum atomic E-state index is -0.00699. The molecule has 1 atom stereocenters. The van der Waals surface area contributed by atoms with Gasteiger partial charge in [-0.05, 0) is 54.2 Å². The van der Waals surface area contributed by atoms with Crippen LogP contribution in [-0.2, 0) is 24.1 Å². The van der Waals surface area contributed by atoms with Crippen molar-refractivity contribution in [2.75, 3.05) is 6.61 Å². The predicted octanol–water partition coefficient (Wildman–Crippen LogP) is 6.38. The third-order valence-electron chi connectivity index (χ3n) is 6.83. The summed E-state index contributed by atoms with van der Waals surface area (Å²) in [5.41, 5.74) is 5.59. The molecule has 1 aliphatic carbocycles. The lowest BCUT2D eigenvalue weighted by atomic mass is 9.99. The highest BCUT2D eigenvalue weighted by Gasteiger charge is 2.22. The van der Waals surface area contributed by atoms with Gasteiger partial charge in [0, 0.05) is 36.0 Å². The fourth-order valence-electron chi connectivity index (χ4n) is 4.90. The molecule has 5 nitrogen and oxygen atoms in total. The summed E-state index contributed by atoms with van der Waals surface area (Å²) in [6.07, 6.45) is 5.01. The van der Waals surface area contributed by atoms with Crippen LogP contribution in [0.5, 0.6) is 5.75 Å². The zero-order valence-corrected chi connectivity index (χ0v) is 20.4. The molecule has 36 heavy (non-hydrogen) atoms. The fraction of sp³-hybridized carbons (Fsp3) is 0.258. The van der Waals surface area contributed by atoms with Crippen molar-refractivity contribution in [2.24, 2.45) is 0 Å². The highest BCUT2D eigenvalue weighted by Crippen LogP contribution is 2.36. The van der Waals surface area contributed by atoms with Crippen molar-refractivity contribution >= 4 is 12.1 Å². The van der Waals surface area contributed by atoms with E-state index in [4.69, 9.17) is 14.1 Å². The van der Waals surface area contributed by atoms with Gasteiger partial charge >= 0.3 is 0 Å². The molecule has 0 amide bonds. The first-order valence-corrected chi connectivity index (χ1v) is 12.5. The minimum Gasteiger partial charge on any atom is -0.493 e. The highest BCUT2D eigenvalue weighted by molar-refractivity contribution is 6.09. The number of rotatable bonds is 10. The van der Waals surface area contributed by atoms with Crippen molar-refractivity contribution in [1.82, 2.24) is 4.98 Å². The van der Waals surface area contributed by atoms with E-state index in [0.29, 0.717) is 42.4 Å². The summed E-state index contributed by atoms with van der Waals surface area (Å²) >= 11 is 0. The summed E-state index contributed by atoms with van der Waals surface area (Å²) in [6.45, 7) is 2.55. The van der Waals surface area contributed by atoms with E-state index >= 15 is 0 Å². The van der Waals surface area contributed by atoms with E-state index in [9.17, 15) is 9.59 Å². The summed E-state index contributed by atoms with van der Waals surface area (Å²) in [6, 6.07) is 22.9. The monoisotopic (exact) mass is 479 g/mol. The van der Waals surface area contributed by atoms with E-state index in [1.54, 1.807) is 0 Å². The average Bonchev–Trinajstić information content (AvgIpc) is 3.53. The summed E-state index contributed by atoms with van der Waals surface area (Å²) < 4.78 is 12.1. The van der Waals surface area contributed by atoms with Crippen LogP contribution in [0, 0.1) is 0 Å². The molecule has 0 aliphatic heterocycles. The zero-order valence-electron chi connectivity index (χ0n) is 20.4. The topological polar surface area (TPSA) is 69.4 Å². The molecule has 0 bridgehead atoms. The molecule has 182 valence electrons. The van der Waals surface area contributed by atoms with E-state index in [0.717, 1.165) is 48.3 Å². The summed E-state index contributed by atoms with van der Waals surface area (Å²) in [5.74, 6) is 2.59. The van der Waals surface area contributed by atoms with E-state index < -0.39 is 0 Å². The lowest BCUT2D eigenvalue weighted by Gasteiger charge is -2.10. The maximum absolute atomic E-state index is 12.7. The SMILES string of the molecule is CCc1oc(-c2ccc(C(=O)c3ccccc3)cc2)nc1CCOc1ccc2c(c1)CC[C@H]2CC=O. The molecule has 0 spiro atoms. The zero-order chi connectivity index (χ0) is 24.9. The Bertz CT molecular complexity index is 1360. The third kappa shape index (κ3) is 5.01. The Balaban J connectivity index is 1.23. The van der Waals surface area contributed by atoms with Gasteiger partial charge < -0.3 is 13.9 Å². The number of aldehydes is 1. The molecule has 5 heteroatoms. The molecule has 0 unspecified atom stereocenters. The summed E-state index contributed by atoms with van der Waals surface area (Å²) in [5, 5.41) is 0. The van der Waals surface area contributed by atoms with Gasteiger partial charge in [-0.3, -0.25) is 4.79 Å². The van der Waals surface area contributed by atoms with Crippen LogP contribution < -0.4 is 4.74 Å². The molecule has 0 N–H and O–H groups in total. The Morgan fingerprint density at radius 2 is 1.83 bits per heavy atom. The Hall–Kier alpha value is -3.99. The van der Waals surface area contributed by atoms with E-state index in [1.165, 1.54) is 11.1 Å². The van der Waals surface area contributed by atoms with E-state index in [-0.39, 0.29) is 5.78 Å². The second-order valence-electron chi connectivity index (χ2n) is 9.11. The van der Waals surface area contributed by atoms with Gasteiger partial charge in [-0.15, -0.1) is 0 Å². The number of fused-ring (bicyclic) bond motifs is 1.